The molecule has 210 valence electrons. The maximum Gasteiger partial charge on any atom is 0.325 e. The fourth-order valence-corrected chi connectivity index (χ4v) is 5.45. The van der Waals surface area contributed by atoms with Crippen LogP contribution in [0, 0.1) is 23.1 Å². The number of rotatable bonds is 8. The topological polar surface area (TPSA) is 143 Å². The molecule has 5 rings (SSSR count). The van der Waals surface area contributed by atoms with Gasteiger partial charge in [0.15, 0.2) is 5.92 Å². The molecular formula is C30H22FN5O5S. The summed E-state index contributed by atoms with van der Waals surface area (Å²) in [7, 11) is 1.22. The average molecular weight is 584 g/mol. The van der Waals surface area contributed by atoms with Gasteiger partial charge in [0, 0.05) is 33.0 Å². The first-order valence-electron chi connectivity index (χ1n) is 12.6. The lowest BCUT2D eigenvalue weighted by Crippen LogP contribution is -2.30. The highest BCUT2D eigenvalue weighted by molar-refractivity contribution is 7.98. The minimum Gasteiger partial charge on any atom is -0.468 e. The van der Waals surface area contributed by atoms with E-state index in [1.165, 1.54) is 31.0 Å². The summed E-state index contributed by atoms with van der Waals surface area (Å²) in [6.07, 6.45) is 0. The van der Waals surface area contributed by atoms with Gasteiger partial charge in [0.25, 0.3) is 5.91 Å². The lowest BCUT2D eigenvalue weighted by atomic mass is 9.96. The quantitative estimate of drug-likeness (QED) is 0.179. The number of carbonyl (C=O) groups is 4. The molecule has 12 heteroatoms. The Morgan fingerprint density at radius 1 is 1.10 bits per heavy atom. The molecule has 0 aliphatic carbocycles. The van der Waals surface area contributed by atoms with E-state index in [2.05, 4.69) is 20.5 Å². The SMILES string of the molecule is COC(=O)CNC(=O)c1ccc2c(c1)-c1c(c(C(=O)C(C#N)C(=O)Nc3ccc(F)cc3)nn1-c1ccccc1)CS2. The summed E-state index contributed by atoms with van der Waals surface area (Å²) in [5, 5.41) is 19.4. The molecule has 2 amide bonds. The molecule has 1 unspecified atom stereocenters. The molecule has 4 aromatic rings. The Hall–Kier alpha value is -5.28. The van der Waals surface area contributed by atoms with Crippen LogP contribution in [0.15, 0.2) is 77.7 Å². The molecule has 1 aliphatic rings. The van der Waals surface area contributed by atoms with Gasteiger partial charge in [0.2, 0.25) is 11.7 Å². The Kier molecular flexibility index (Phi) is 8.12. The normalized spacial score (nSPS) is 12.2. The molecule has 3 aromatic carbocycles. The van der Waals surface area contributed by atoms with E-state index >= 15 is 0 Å². The number of anilines is 1. The number of aromatic nitrogens is 2. The Bertz CT molecular complexity index is 1750. The minimum atomic E-state index is -1.72. The lowest BCUT2D eigenvalue weighted by Gasteiger charge is -2.19. The number of esters is 1. The number of ketones is 1. The third-order valence-electron chi connectivity index (χ3n) is 6.47. The number of thioether (sulfide) groups is 1. The van der Waals surface area contributed by atoms with E-state index in [1.54, 1.807) is 53.2 Å². The van der Waals surface area contributed by atoms with Crippen molar-refractivity contribution in [3.63, 3.8) is 0 Å². The van der Waals surface area contributed by atoms with Crippen LogP contribution in [0.2, 0.25) is 0 Å². The maximum atomic E-state index is 13.7. The van der Waals surface area contributed by atoms with Crippen LogP contribution in [0.4, 0.5) is 10.1 Å². The van der Waals surface area contributed by atoms with E-state index in [1.807, 2.05) is 6.07 Å². The first-order valence-corrected chi connectivity index (χ1v) is 13.6. The first kappa shape index (κ1) is 28.3. The number of carbonyl (C=O) groups excluding carboxylic acids is 4. The van der Waals surface area contributed by atoms with E-state index in [4.69, 9.17) is 0 Å². The molecule has 42 heavy (non-hydrogen) atoms. The highest BCUT2D eigenvalue weighted by Crippen LogP contribution is 2.44. The van der Waals surface area contributed by atoms with E-state index in [0.29, 0.717) is 28.3 Å². The lowest BCUT2D eigenvalue weighted by molar-refractivity contribution is -0.139. The largest absolute Gasteiger partial charge is 0.468 e. The predicted molar refractivity (Wildman–Crippen MR) is 151 cm³/mol. The summed E-state index contributed by atoms with van der Waals surface area (Å²) in [6, 6.07) is 20.8. The van der Waals surface area contributed by atoms with Gasteiger partial charge in [-0.1, -0.05) is 18.2 Å². The van der Waals surface area contributed by atoms with Crippen LogP contribution in [0.25, 0.3) is 16.9 Å². The molecule has 1 aliphatic heterocycles. The highest BCUT2D eigenvalue weighted by atomic mass is 32.2. The summed E-state index contributed by atoms with van der Waals surface area (Å²) in [5.74, 6) is -4.66. The van der Waals surface area contributed by atoms with Crippen molar-refractivity contribution in [2.24, 2.45) is 5.92 Å². The van der Waals surface area contributed by atoms with Gasteiger partial charge < -0.3 is 15.4 Å². The van der Waals surface area contributed by atoms with Crippen LogP contribution in [0.1, 0.15) is 26.4 Å². The number of benzene rings is 3. The number of fused-ring (bicyclic) bond motifs is 3. The molecule has 10 nitrogen and oxygen atoms in total. The molecule has 0 bridgehead atoms. The van der Waals surface area contributed by atoms with Crippen molar-refractivity contribution in [3.05, 3.63) is 95.4 Å². The standard InChI is InChI=1S/C30H22FN5O5S/c1-41-25(37)15-33-29(39)17-7-12-24-21(13-17)27-23(16-42-24)26(35-36(27)20-5-3-2-4-6-20)28(38)22(14-32)30(40)34-19-10-8-18(31)9-11-19/h2-13,22H,15-16H2,1H3,(H,33,39)(H,34,40). The van der Waals surface area contributed by atoms with Crippen LogP contribution in [-0.4, -0.2) is 47.0 Å². The number of amides is 2. The molecule has 0 spiro atoms. The number of hydrogen-bond acceptors (Lipinski definition) is 8. The number of methoxy groups -OCH3 is 1. The summed E-state index contributed by atoms with van der Waals surface area (Å²) < 4.78 is 19.4. The Morgan fingerprint density at radius 2 is 1.83 bits per heavy atom. The number of Topliss-reactive ketones (excluding diaryl/α,β-unsaturated/α-hetero) is 1. The third kappa shape index (κ3) is 5.63. The number of nitriles is 1. The van der Waals surface area contributed by atoms with Gasteiger partial charge >= 0.3 is 5.97 Å². The summed E-state index contributed by atoms with van der Waals surface area (Å²) in [6.45, 7) is -0.303. The van der Waals surface area contributed by atoms with Crippen molar-refractivity contribution >= 4 is 41.0 Å². The molecule has 2 N–H and O–H groups in total. The van der Waals surface area contributed by atoms with E-state index in [0.717, 1.165) is 17.0 Å². The third-order valence-corrected chi connectivity index (χ3v) is 7.57. The summed E-state index contributed by atoms with van der Waals surface area (Å²) >= 11 is 1.42. The second kappa shape index (κ2) is 12.1. The Balaban J connectivity index is 1.55. The molecule has 0 saturated heterocycles. The predicted octanol–water partition coefficient (Wildman–Crippen LogP) is 4.15. The van der Waals surface area contributed by atoms with E-state index in [-0.39, 0.29) is 23.5 Å². The number of nitrogens with zero attached hydrogens (tertiary/aromatic N) is 3. The van der Waals surface area contributed by atoms with Crippen LogP contribution in [-0.2, 0) is 20.1 Å². The van der Waals surface area contributed by atoms with Gasteiger partial charge in [0.05, 0.1) is 24.6 Å². The Labute approximate surface area is 243 Å². The highest BCUT2D eigenvalue weighted by Gasteiger charge is 2.36. The average Bonchev–Trinajstić information content (AvgIpc) is 3.41. The monoisotopic (exact) mass is 583 g/mol. The van der Waals surface area contributed by atoms with Crippen LogP contribution >= 0.6 is 11.8 Å². The molecule has 2 heterocycles. The van der Waals surface area contributed by atoms with Crippen LogP contribution in [0.5, 0.6) is 0 Å². The molecule has 0 fully saturated rings. The second-order valence-corrected chi connectivity index (χ2v) is 10.1. The number of nitrogens with one attached hydrogen (secondary N) is 2. The van der Waals surface area contributed by atoms with Crippen molar-refractivity contribution < 1.29 is 28.3 Å². The van der Waals surface area contributed by atoms with E-state index in [9.17, 15) is 28.8 Å². The molecule has 0 radical (unpaired) electrons. The van der Waals surface area contributed by atoms with Gasteiger partial charge in [-0.25, -0.2) is 9.07 Å². The van der Waals surface area contributed by atoms with Gasteiger partial charge in [-0.05, 0) is 54.6 Å². The van der Waals surface area contributed by atoms with Crippen molar-refractivity contribution in [2.45, 2.75) is 10.6 Å². The van der Waals surface area contributed by atoms with Gasteiger partial charge in [-0.3, -0.25) is 19.2 Å². The van der Waals surface area contributed by atoms with Gasteiger partial charge in [0.1, 0.15) is 18.1 Å². The van der Waals surface area contributed by atoms with Crippen molar-refractivity contribution in [2.75, 3.05) is 19.0 Å². The molecule has 0 saturated carbocycles. The fourth-order valence-electron chi connectivity index (χ4n) is 4.40. The minimum absolute atomic E-state index is 0.0478. The van der Waals surface area contributed by atoms with Gasteiger partial charge in [-0.2, -0.15) is 10.4 Å². The molecular weight excluding hydrogens is 561 g/mol. The number of para-hydroxylation sites is 1. The Morgan fingerprint density at radius 3 is 2.52 bits per heavy atom. The van der Waals surface area contributed by atoms with Crippen molar-refractivity contribution in [1.29, 1.82) is 5.26 Å². The zero-order valence-corrected chi connectivity index (χ0v) is 22.9. The zero-order valence-electron chi connectivity index (χ0n) is 22.1. The second-order valence-electron chi connectivity index (χ2n) is 9.10. The number of halogens is 1. The maximum absolute atomic E-state index is 13.7. The van der Waals surface area contributed by atoms with Crippen molar-refractivity contribution in [1.82, 2.24) is 15.1 Å². The fraction of sp³-hybridized carbons (Fsp3) is 0.133. The van der Waals surface area contributed by atoms with Crippen LogP contribution < -0.4 is 10.6 Å². The van der Waals surface area contributed by atoms with Crippen LogP contribution in [0.3, 0.4) is 0 Å². The number of hydrogen-bond donors (Lipinski definition) is 2. The van der Waals surface area contributed by atoms with E-state index < -0.39 is 35.3 Å². The number of ether oxygens (including phenoxy) is 1. The smallest absolute Gasteiger partial charge is 0.325 e. The van der Waals surface area contributed by atoms with Gasteiger partial charge in [-0.15, -0.1) is 11.8 Å². The molecule has 1 atom stereocenters. The summed E-state index contributed by atoms with van der Waals surface area (Å²) in [4.78, 5) is 51.8. The zero-order chi connectivity index (χ0) is 29.8. The van der Waals surface area contributed by atoms with Crippen molar-refractivity contribution in [3.8, 4) is 23.0 Å². The molecule has 1 aromatic heterocycles. The summed E-state index contributed by atoms with van der Waals surface area (Å²) in [5.41, 5.74) is 2.73. The first-order chi connectivity index (χ1) is 20.3.